The van der Waals surface area contributed by atoms with Crippen LogP contribution in [0.25, 0.3) is 0 Å². The summed E-state index contributed by atoms with van der Waals surface area (Å²) >= 11 is 0. The Kier molecular flexibility index (Phi) is 5.76. The number of carbonyl (C=O) groups is 1. The van der Waals surface area contributed by atoms with Gasteiger partial charge in [0.25, 0.3) is 0 Å². The number of anilines is 1. The number of benzene rings is 1. The minimum Gasteiger partial charge on any atom is -0.494 e. The molecule has 3 aliphatic heterocycles. The second-order valence-electron chi connectivity index (χ2n) is 7.65. The fourth-order valence-electron chi connectivity index (χ4n) is 4.27. The van der Waals surface area contributed by atoms with Crippen LogP contribution in [0.15, 0.2) is 48.7 Å². The van der Waals surface area contributed by atoms with Crippen molar-refractivity contribution in [1.82, 2.24) is 14.8 Å². The zero-order valence-electron chi connectivity index (χ0n) is 16.4. The lowest BCUT2D eigenvalue weighted by atomic mass is 9.95. The van der Waals surface area contributed by atoms with Crippen LogP contribution in [0.2, 0.25) is 0 Å². The maximum absolute atomic E-state index is 12.9. The summed E-state index contributed by atoms with van der Waals surface area (Å²) in [7, 11) is 0. The van der Waals surface area contributed by atoms with Gasteiger partial charge in [0, 0.05) is 44.1 Å². The van der Waals surface area contributed by atoms with Gasteiger partial charge in [-0.3, -0.25) is 9.88 Å². The van der Waals surface area contributed by atoms with Crippen LogP contribution in [-0.4, -0.2) is 53.1 Å². The van der Waals surface area contributed by atoms with E-state index in [0.717, 1.165) is 49.7 Å². The van der Waals surface area contributed by atoms with Gasteiger partial charge in [0.1, 0.15) is 5.75 Å². The highest BCUT2D eigenvalue weighted by molar-refractivity contribution is 5.89. The molecular weight excluding hydrogens is 352 g/mol. The van der Waals surface area contributed by atoms with Gasteiger partial charge in [0.05, 0.1) is 12.3 Å². The fourth-order valence-corrected chi connectivity index (χ4v) is 4.27. The van der Waals surface area contributed by atoms with Crippen LogP contribution in [0.5, 0.6) is 5.75 Å². The van der Waals surface area contributed by atoms with Crippen molar-refractivity contribution in [3.05, 3.63) is 54.4 Å². The topological polar surface area (TPSA) is 57.7 Å². The number of aromatic nitrogens is 1. The lowest BCUT2D eigenvalue weighted by molar-refractivity contribution is 0.151. The SMILES string of the molecule is CCOc1ccc(NC(=O)N2C[C@H]3CC[C@@H]2CN(Cc2ccccn2)C3)cc1. The molecule has 0 spiro atoms. The smallest absolute Gasteiger partial charge is 0.322 e. The van der Waals surface area contributed by atoms with E-state index in [1.165, 1.54) is 6.42 Å². The summed E-state index contributed by atoms with van der Waals surface area (Å²) in [6.07, 6.45) is 4.11. The first kappa shape index (κ1) is 18.7. The van der Waals surface area contributed by atoms with Crippen LogP contribution >= 0.6 is 0 Å². The molecule has 6 nitrogen and oxygen atoms in total. The van der Waals surface area contributed by atoms with Crippen molar-refractivity contribution < 1.29 is 9.53 Å². The number of ether oxygens (including phenoxy) is 1. The molecule has 1 aromatic carbocycles. The number of rotatable bonds is 5. The molecule has 28 heavy (non-hydrogen) atoms. The number of nitrogens with zero attached hydrogens (tertiary/aromatic N) is 3. The second kappa shape index (κ2) is 8.61. The van der Waals surface area contributed by atoms with E-state index in [0.29, 0.717) is 12.5 Å². The van der Waals surface area contributed by atoms with E-state index in [1.54, 1.807) is 0 Å². The minimum atomic E-state index is -0.00135. The van der Waals surface area contributed by atoms with E-state index < -0.39 is 0 Å². The number of hydrogen-bond acceptors (Lipinski definition) is 4. The first-order valence-corrected chi connectivity index (χ1v) is 10.1. The molecule has 6 heteroatoms. The summed E-state index contributed by atoms with van der Waals surface area (Å²) in [6.45, 7) is 6.21. The Hall–Kier alpha value is -2.60. The Labute approximate surface area is 166 Å². The molecule has 148 valence electrons. The summed E-state index contributed by atoms with van der Waals surface area (Å²) < 4.78 is 5.47. The maximum atomic E-state index is 12.9. The molecule has 0 saturated carbocycles. The van der Waals surface area contributed by atoms with Crippen molar-refractivity contribution in [1.29, 1.82) is 0 Å². The van der Waals surface area contributed by atoms with Crippen molar-refractivity contribution in [2.24, 2.45) is 5.92 Å². The summed E-state index contributed by atoms with van der Waals surface area (Å²) in [5.74, 6) is 1.34. The Morgan fingerprint density at radius 3 is 2.75 bits per heavy atom. The van der Waals surface area contributed by atoms with Crippen LogP contribution in [-0.2, 0) is 6.54 Å². The molecule has 5 rings (SSSR count). The Balaban J connectivity index is 1.39. The van der Waals surface area contributed by atoms with Gasteiger partial charge in [-0.2, -0.15) is 0 Å². The molecule has 2 aromatic rings. The highest BCUT2D eigenvalue weighted by Gasteiger charge is 2.37. The zero-order chi connectivity index (χ0) is 19.3. The standard InChI is InChI=1S/C22H28N4O2/c1-2-28-21-10-7-18(8-11-21)24-22(27)26-14-17-6-9-20(26)16-25(13-17)15-19-5-3-4-12-23-19/h3-5,7-8,10-12,17,20H,2,6,9,13-16H2,1H3,(H,24,27)/t17-,20+/m0/s1. The van der Waals surface area contributed by atoms with Gasteiger partial charge >= 0.3 is 6.03 Å². The van der Waals surface area contributed by atoms with E-state index in [2.05, 4.69) is 21.3 Å². The first-order valence-electron chi connectivity index (χ1n) is 10.1. The number of amides is 2. The number of hydrogen-bond donors (Lipinski definition) is 1. The quantitative estimate of drug-likeness (QED) is 0.861. The van der Waals surface area contributed by atoms with Crippen LogP contribution in [0.3, 0.4) is 0 Å². The molecular formula is C22H28N4O2. The van der Waals surface area contributed by atoms with E-state index in [4.69, 9.17) is 4.74 Å². The van der Waals surface area contributed by atoms with Gasteiger partial charge in [-0.1, -0.05) is 6.07 Å². The van der Waals surface area contributed by atoms with Crippen molar-refractivity contribution in [2.45, 2.75) is 32.4 Å². The van der Waals surface area contributed by atoms with Crippen LogP contribution in [0.1, 0.15) is 25.5 Å². The third-order valence-electron chi connectivity index (χ3n) is 5.58. The average Bonchev–Trinajstić information content (AvgIpc) is 3.01. The molecule has 0 aliphatic carbocycles. The number of carbonyl (C=O) groups excluding carboxylic acids is 1. The van der Waals surface area contributed by atoms with Crippen molar-refractivity contribution in [2.75, 3.05) is 31.6 Å². The molecule has 2 amide bonds. The number of urea groups is 1. The third kappa shape index (κ3) is 4.44. The van der Waals surface area contributed by atoms with Gasteiger partial charge in [-0.15, -0.1) is 0 Å². The number of piperidine rings is 1. The third-order valence-corrected chi connectivity index (χ3v) is 5.58. The Morgan fingerprint density at radius 2 is 2.00 bits per heavy atom. The number of fused-ring (bicyclic) bond motifs is 4. The molecule has 0 radical (unpaired) electrons. The second-order valence-corrected chi connectivity index (χ2v) is 7.65. The van der Waals surface area contributed by atoms with Gasteiger partial charge in [0.2, 0.25) is 0 Å². The van der Waals surface area contributed by atoms with Crippen molar-refractivity contribution in [3.63, 3.8) is 0 Å². The largest absolute Gasteiger partial charge is 0.494 e. The van der Waals surface area contributed by atoms with E-state index in [1.807, 2.05) is 54.4 Å². The molecule has 3 saturated heterocycles. The van der Waals surface area contributed by atoms with E-state index in [-0.39, 0.29) is 12.1 Å². The Bertz CT molecular complexity index is 781. The minimum absolute atomic E-state index is 0.00135. The number of nitrogens with one attached hydrogen (secondary N) is 1. The first-order chi connectivity index (χ1) is 13.7. The monoisotopic (exact) mass is 380 g/mol. The van der Waals surface area contributed by atoms with Gasteiger partial charge in [-0.25, -0.2) is 4.79 Å². The highest BCUT2D eigenvalue weighted by atomic mass is 16.5. The Morgan fingerprint density at radius 1 is 1.14 bits per heavy atom. The summed E-state index contributed by atoms with van der Waals surface area (Å²) in [4.78, 5) is 21.9. The van der Waals surface area contributed by atoms with Gasteiger partial charge < -0.3 is 15.0 Å². The van der Waals surface area contributed by atoms with E-state index in [9.17, 15) is 4.79 Å². The molecule has 2 atom stereocenters. The van der Waals surface area contributed by atoms with Crippen LogP contribution < -0.4 is 10.1 Å². The summed E-state index contributed by atoms with van der Waals surface area (Å²) in [5.41, 5.74) is 1.90. The zero-order valence-corrected chi connectivity index (χ0v) is 16.4. The molecule has 4 heterocycles. The lowest BCUT2D eigenvalue weighted by Crippen LogP contribution is -2.49. The van der Waals surface area contributed by atoms with Crippen LogP contribution in [0, 0.1) is 5.92 Å². The summed E-state index contributed by atoms with van der Waals surface area (Å²) in [5, 5.41) is 3.06. The van der Waals surface area contributed by atoms with Gasteiger partial charge in [0.15, 0.2) is 0 Å². The van der Waals surface area contributed by atoms with Gasteiger partial charge in [-0.05, 0) is 62.1 Å². The fraction of sp³-hybridized carbons (Fsp3) is 0.455. The van der Waals surface area contributed by atoms with Crippen LogP contribution in [0.4, 0.5) is 10.5 Å². The predicted octanol–water partition coefficient (Wildman–Crippen LogP) is 3.61. The molecule has 2 bridgehead atoms. The molecule has 1 aromatic heterocycles. The highest BCUT2D eigenvalue weighted by Crippen LogP contribution is 2.29. The maximum Gasteiger partial charge on any atom is 0.322 e. The predicted molar refractivity (Wildman–Crippen MR) is 109 cm³/mol. The number of pyridine rings is 1. The molecule has 3 fully saturated rings. The van der Waals surface area contributed by atoms with Crippen molar-refractivity contribution >= 4 is 11.7 Å². The summed E-state index contributed by atoms with van der Waals surface area (Å²) in [6, 6.07) is 13.9. The molecule has 3 aliphatic rings. The van der Waals surface area contributed by atoms with Crippen molar-refractivity contribution in [3.8, 4) is 5.75 Å². The average molecular weight is 380 g/mol. The molecule has 0 unspecified atom stereocenters. The normalized spacial score (nSPS) is 22.0. The molecule has 1 N–H and O–H groups in total. The lowest BCUT2D eigenvalue weighted by Gasteiger charge is -2.36. The van der Waals surface area contributed by atoms with E-state index >= 15 is 0 Å².